The first kappa shape index (κ1) is 23.5. The highest BCUT2D eigenvalue weighted by Gasteiger charge is 2.30. The minimum Gasteiger partial charge on any atom is -0.469 e. The molecule has 0 saturated heterocycles. The standard InChI is InChI=1S/C20H20F3N3O5/c1-30-17(27)10-11-24-18(28)14-4-2-13(3-5-14)12-25-19(29)26-15-6-8-16(9-7-15)31-20(21,22)23/h2-9H,10-12H2,1H3,(H,24,28)(H2,25,26,29). The van der Waals surface area contributed by atoms with Crippen molar-refractivity contribution in [2.75, 3.05) is 19.0 Å². The lowest BCUT2D eigenvalue weighted by atomic mass is 10.1. The van der Waals surface area contributed by atoms with Crippen molar-refractivity contribution in [3.63, 3.8) is 0 Å². The highest BCUT2D eigenvalue weighted by molar-refractivity contribution is 5.94. The second-order valence-electron chi connectivity index (χ2n) is 6.16. The molecule has 31 heavy (non-hydrogen) atoms. The molecule has 0 bridgehead atoms. The molecule has 2 aromatic carbocycles. The molecule has 0 atom stereocenters. The first-order valence-corrected chi connectivity index (χ1v) is 9.01. The lowest BCUT2D eigenvalue weighted by Gasteiger charge is -2.11. The molecule has 8 nitrogen and oxygen atoms in total. The average Bonchev–Trinajstić information content (AvgIpc) is 2.72. The molecule has 0 saturated carbocycles. The minimum atomic E-state index is -4.79. The van der Waals surface area contributed by atoms with Crippen molar-refractivity contribution in [3.8, 4) is 5.75 Å². The Morgan fingerprint density at radius 3 is 2.16 bits per heavy atom. The quantitative estimate of drug-likeness (QED) is 0.548. The Bertz CT molecular complexity index is 900. The zero-order valence-electron chi connectivity index (χ0n) is 16.4. The second-order valence-corrected chi connectivity index (χ2v) is 6.16. The molecule has 0 spiro atoms. The van der Waals surface area contributed by atoms with Crippen LogP contribution in [0.3, 0.4) is 0 Å². The fourth-order valence-corrected chi connectivity index (χ4v) is 2.35. The molecule has 3 amide bonds. The van der Waals surface area contributed by atoms with Gasteiger partial charge in [0.1, 0.15) is 5.75 Å². The summed E-state index contributed by atoms with van der Waals surface area (Å²) in [6, 6.07) is 10.6. The number of benzene rings is 2. The van der Waals surface area contributed by atoms with E-state index in [2.05, 4.69) is 25.4 Å². The lowest BCUT2D eigenvalue weighted by molar-refractivity contribution is -0.274. The lowest BCUT2D eigenvalue weighted by Crippen LogP contribution is -2.28. The number of alkyl halides is 3. The summed E-state index contributed by atoms with van der Waals surface area (Å²) >= 11 is 0. The van der Waals surface area contributed by atoms with E-state index in [1.165, 1.54) is 19.2 Å². The predicted molar refractivity (Wildman–Crippen MR) is 104 cm³/mol. The smallest absolute Gasteiger partial charge is 0.469 e. The van der Waals surface area contributed by atoms with Gasteiger partial charge in [-0.25, -0.2) is 4.79 Å². The summed E-state index contributed by atoms with van der Waals surface area (Å²) in [6.45, 7) is 0.309. The molecule has 166 valence electrons. The number of esters is 1. The van der Waals surface area contributed by atoms with E-state index in [1.807, 2.05) is 0 Å². The molecule has 0 fully saturated rings. The topological polar surface area (TPSA) is 106 Å². The minimum absolute atomic E-state index is 0.0669. The Labute approximate surface area is 175 Å². The van der Waals surface area contributed by atoms with Crippen molar-refractivity contribution in [1.29, 1.82) is 0 Å². The van der Waals surface area contributed by atoms with Gasteiger partial charge in [-0.1, -0.05) is 12.1 Å². The summed E-state index contributed by atoms with van der Waals surface area (Å²) < 4.78 is 44.7. The summed E-state index contributed by atoms with van der Waals surface area (Å²) in [5.41, 5.74) is 1.39. The van der Waals surface area contributed by atoms with Crippen molar-refractivity contribution < 1.29 is 37.0 Å². The fraction of sp³-hybridized carbons (Fsp3) is 0.250. The molecule has 0 radical (unpaired) electrons. The Morgan fingerprint density at radius 2 is 1.58 bits per heavy atom. The van der Waals surface area contributed by atoms with Crippen LogP contribution >= 0.6 is 0 Å². The largest absolute Gasteiger partial charge is 0.573 e. The SMILES string of the molecule is COC(=O)CCNC(=O)c1ccc(CNC(=O)Nc2ccc(OC(F)(F)F)cc2)cc1. The van der Waals surface area contributed by atoms with Crippen LogP contribution in [0.25, 0.3) is 0 Å². The van der Waals surface area contributed by atoms with Crippen LogP contribution in [0.4, 0.5) is 23.7 Å². The van der Waals surface area contributed by atoms with Crippen LogP contribution in [0.5, 0.6) is 5.75 Å². The van der Waals surface area contributed by atoms with Gasteiger partial charge >= 0.3 is 18.4 Å². The third-order valence-electron chi connectivity index (χ3n) is 3.86. The van der Waals surface area contributed by atoms with E-state index in [9.17, 15) is 27.6 Å². The van der Waals surface area contributed by atoms with Crippen molar-refractivity contribution in [2.24, 2.45) is 0 Å². The van der Waals surface area contributed by atoms with Crippen molar-refractivity contribution in [3.05, 3.63) is 59.7 Å². The summed E-state index contributed by atoms with van der Waals surface area (Å²) in [7, 11) is 1.26. The average molecular weight is 439 g/mol. The zero-order chi connectivity index (χ0) is 22.9. The van der Waals surface area contributed by atoms with Crippen LogP contribution in [-0.4, -0.2) is 37.9 Å². The first-order valence-electron chi connectivity index (χ1n) is 9.01. The van der Waals surface area contributed by atoms with Gasteiger partial charge in [0.15, 0.2) is 0 Å². The van der Waals surface area contributed by atoms with Crippen LogP contribution in [-0.2, 0) is 16.1 Å². The van der Waals surface area contributed by atoms with E-state index in [4.69, 9.17) is 0 Å². The van der Waals surface area contributed by atoms with E-state index >= 15 is 0 Å². The number of methoxy groups -OCH3 is 1. The summed E-state index contributed by atoms with van der Waals surface area (Å²) in [5.74, 6) is -1.17. The third kappa shape index (κ3) is 8.64. The van der Waals surface area contributed by atoms with E-state index < -0.39 is 24.1 Å². The number of carbonyl (C=O) groups excluding carboxylic acids is 3. The van der Waals surface area contributed by atoms with Crippen LogP contribution < -0.4 is 20.7 Å². The molecule has 0 aliphatic heterocycles. The Balaban J connectivity index is 1.77. The highest BCUT2D eigenvalue weighted by atomic mass is 19.4. The van der Waals surface area contributed by atoms with Gasteiger partial charge in [0.05, 0.1) is 13.5 Å². The first-order chi connectivity index (χ1) is 14.7. The Morgan fingerprint density at radius 1 is 0.935 bits per heavy atom. The number of hydrogen-bond acceptors (Lipinski definition) is 5. The van der Waals surface area contributed by atoms with E-state index in [1.54, 1.807) is 24.3 Å². The number of hydrogen-bond donors (Lipinski definition) is 3. The number of anilines is 1. The van der Waals surface area contributed by atoms with Crippen LogP contribution in [0.2, 0.25) is 0 Å². The summed E-state index contributed by atoms with van der Waals surface area (Å²) in [4.78, 5) is 34.9. The van der Waals surface area contributed by atoms with Crippen molar-refractivity contribution in [2.45, 2.75) is 19.3 Å². The predicted octanol–water partition coefficient (Wildman–Crippen LogP) is 3.20. The number of urea groups is 1. The van der Waals surface area contributed by atoms with Gasteiger partial charge in [-0.05, 0) is 42.0 Å². The number of nitrogens with one attached hydrogen (secondary N) is 3. The molecule has 2 rings (SSSR count). The maximum Gasteiger partial charge on any atom is 0.573 e. The summed E-state index contributed by atoms with van der Waals surface area (Å²) in [6.07, 6.45) is -4.72. The van der Waals surface area contributed by atoms with Gasteiger partial charge in [0, 0.05) is 24.3 Å². The van der Waals surface area contributed by atoms with E-state index in [-0.39, 0.29) is 31.1 Å². The highest BCUT2D eigenvalue weighted by Crippen LogP contribution is 2.23. The van der Waals surface area contributed by atoms with Gasteiger partial charge in [0.2, 0.25) is 0 Å². The third-order valence-corrected chi connectivity index (χ3v) is 3.86. The number of halogens is 3. The van der Waals surface area contributed by atoms with Gasteiger partial charge in [-0.3, -0.25) is 9.59 Å². The molecular weight excluding hydrogens is 419 g/mol. The molecule has 0 heterocycles. The fourth-order valence-electron chi connectivity index (χ4n) is 2.35. The molecule has 3 N–H and O–H groups in total. The van der Waals surface area contributed by atoms with Gasteiger partial charge < -0.3 is 25.4 Å². The molecule has 2 aromatic rings. The van der Waals surface area contributed by atoms with Crippen molar-refractivity contribution in [1.82, 2.24) is 10.6 Å². The van der Waals surface area contributed by atoms with Crippen LogP contribution in [0.1, 0.15) is 22.3 Å². The van der Waals surface area contributed by atoms with E-state index in [0.29, 0.717) is 5.56 Å². The van der Waals surface area contributed by atoms with Crippen LogP contribution in [0.15, 0.2) is 48.5 Å². The maximum absolute atomic E-state index is 12.1. The number of carbonyl (C=O) groups is 3. The second kappa shape index (κ2) is 10.9. The summed E-state index contributed by atoms with van der Waals surface area (Å²) in [5, 5.41) is 7.66. The number of ether oxygens (including phenoxy) is 2. The normalized spacial score (nSPS) is 10.7. The number of rotatable bonds is 8. The number of amides is 3. The molecule has 0 aliphatic carbocycles. The zero-order valence-corrected chi connectivity index (χ0v) is 16.4. The molecular formula is C20H20F3N3O5. The van der Waals surface area contributed by atoms with Gasteiger partial charge in [-0.2, -0.15) is 0 Å². The van der Waals surface area contributed by atoms with Gasteiger partial charge in [-0.15, -0.1) is 13.2 Å². The van der Waals surface area contributed by atoms with Crippen LogP contribution in [0, 0.1) is 0 Å². The van der Waals surface area contributed by atoms with Crippen molar-refractivity contribution >= 4 is 23.6 Å². The molecule has 0 aliphatic rings. The monoisotopic (exact) mass is 439 g/mol. The van der Waals surface area contributed by atoms with Gasteiger partial charge in [0.25, 0.3) is 5.91 Å². The van der Waals surface area contributed by atoms with E-state index in [0.717, 1.165) is 17.7 Å². The molecule has 0 unspecified atom stereocenters. The maximum atomic E-state index is 12.1. The Kier molecular flexibility index (Phi) is 8.24. The molecule has 11 heteroatoms. The molecule has 0 aromatic heterocycles. The Hall–Kier alpha value is -3.76.